The van der Waals surface area contributed by atoms with E-state index in [1.165, 1.54) is 0 Å². The molecule has 0 spiro atoms. The van der Waals surface area contributed by atoms with E-state index < -0.39 is 17.2 Å². The highest BCUT2D eigenvalue weighted by Gasteiger charge is 2.22. The Morgan fingerprint density at radius 1 is 0.963 bits per heavy atom. The third-order valence-electron chi connectivity index (χ3n) is 4.55. The minimum absolute atomic E-state index is 0.456. The molecule has 3 aromatic carbocycles. The van der Waals surface area contributed by atoms with Gasteiger partial charge in [0.05, 0.1) is 18.6 Å². The molecule has 1 aliphatic rings. The monoisotopic (exact) mass is 380 g/mol. The van der Waals surface area contributed by atoms with Gasteiger partial charge in [-0.1, -0.05) is 36.4 Å². The predicted molar refractivity (Wildman–Crippen MR) is 104 cm³/mol. The Balaban J connectivity index is 1.69. The van der Waals surface area contributed by atoms with Gasteiger partial charge in [0.1, 0.15) is 17.6 Å². The van der Waals surface area contributed by atoms with Crippen LogP contribution in [-0.4, -0.2) is 17.9 Å². The van der Waals surface area contributed by atoms with E-state index in [1.54, 1.807) is 19.2 Å². The van der Waals surface area contributed by atoms with Crippen molar-refractivity contribution in [1.29, 1.82) is 0 Å². The molecule has 0 aliphatic carbocycles. The highest BCUT2D eigenvalue weighted by molar-refractivity contribution is 7.80. The number of ether oxygens (including phenoxy) is 2. The van der Waals surface area contributed by atoms with E-state index in [-0.39, 0.29) is 0 Å². The average molecular weight is 380 g/mol. The second-order valence-electron chi connectivity index (χ2n) is 6.26. The van der Waals surface area contributed by atoms with Crippen molar-refractivity contribution in [3.8, 4) is 11.5 Å². The zero-order valence-electron chi connectivity index (χ0n) is 15.0. The van der Waals surface area contributed by atoms with Crippen molar-refractivity contribution >= 4 is 11.1 Å². The van der Waals surface area contributed by atoms with Crippen LogP contribution in [0.25, 0.3) is 0 Å². The van der Waals surface area contributed by atoms with E-state index in [1.807, 2.05) is 54.6 Å². The molecule has 0 aromatic heterocycles. The molecular weight excluding hydrogens is 360 g/mol. The largest absolute Gasteiger partial charge is 0.497 e. The molecule has 4 rings (SSSR count). The van der Waals surface area contributed by atoms with Crippen LogP contribution in [0.5, 0.6) is 11.5 Å². The predicted octanol–water partition coefficient (Wildman–Crippen LogP) is 4.46. The Morgan fingerprint density at radius 2 is 1.70 bits per heavy atom. The van der Waals surface area contributed by atoms with Gasteiger partial charge in [-0.25, -0.2) is 4.21 Å². The van der Waals surface area contributed by atoms with Gasteiger partial charge < -0.3 is 9.47 Å². The zero-order valence-corrected chi connectivity index (χ0v) is 15.8. The molecule has 0 bridgehead atoms. The molecule has 1 heterocycles. The Labute approximate surface area is 161 Å². The molecule has 0 amide bonds. The van der Waals surface area contributed by atoms with Gasteiger partial charge in [0.15, 0.2) is 11.1 Å². The Kier molecular flexibility index (Phi) is 5.23. The molecule has 0 N–H and O–H groups in total. The van der Waals surface area contributed by atoms with Crippen LogP contribution >= 0.6 is 0 Å². The summed E-state index contributed by atoms with van der Waals surface area (Å²) in [5.41, 5.74) is 3.02. The third kappa shape index (κ3) is 3.89. The van der Waals surface area contributed by atoms with E-state index in [2.05, 4.69) is 6.07 Å². The Hall–Kier alpha value is -2.63. The van der Waals surface area contributed by atoms with Gasteiger partial charge in [-0.3, -0.25) is 4.18 Å². The molecule has 1 aliphatic heterocycles. The van der Waals surface area contributed by atoms with Crippen LogP contribution in [0.3, 0.4) is 0 Å². The second kappa shape index (κ2) is 7.94. The molecule has 5 heteroatoms. The number of rotatable bonds is 6. The summed E-state index contributed by atoms with van der Waals surface area (Å²) in [6.07, 6.45) is 0.420. The molecule has 0 saturated carbocycles. The van der Waals surface area contributed by atoms with Crippen LogP contribution in [0.15, 0.2) is 77.7 Å². The van der Waals surface area contributed by atoms with Gasteiger partial charge >= 0.3 is 0 Å². The van der Waals surface area contributed by atoms with E-state index in [0.29, 0.717) is 11.5 Å². The standard InChI is InChI=1S/C22H20O4S/c1-24-19-10-7-16(8-11-19)22(26-27(23)20-5-3-2-4-6-20)18-9-12-21-17(15-18)13-14-25-21/h2-12,15,22H,13-14H2,1H3. The topological polar surface area (TPSA) is 44.8 Å². The molecule has 27 heavy (non-hydrogen) atoms. The van der Waals surface area contributed by atoms with Gasteiger partial charge in [0.25, 0.3) is 0 Å². The normalized spacial score (nSPS) is 14.9. The lowest BCUT2D eigenvalue weighted by atomic mass is 9.99. The molecule has 0 fully saturated rings. The van der Waals surface area contributed by atoms with Crippen LogP contribution in [0.4, 0.5) is 0 Å². The summed E-state index contributed by atoms with van der Waals surface area (Å²) in [5.74, 6) is 1.68. The van der Waals surface area contributed by atoms with Crippen molar-refractivity contribution in [3.63, 3.8) is 0 Å². The summed E-state index contributed by atoms with van der Waals surface area (Å²) in [7, 11) is 1.63. The van der Waals surface area contributed by atoms with Crippen molar-refractivity contribution in [2.75, 3.05) is 13.7 Å². The lowest BCUT2D eigenvalue weighted by molar-refractivity contribution is 0.275. The average Bonchev–Trinajstić information content (AvgIpc) is 3.20. The van der Waals surface area contributed by atoms with Gasteiger partial charge in [-0.15, -0.1) is 0 Å². The fourth-order valence-electron chi connectivity index (χ4n) is 3.13. The summed E-state index contributed by atoms with van der Waals surface area (Å²) in [5, 5.41) is 0. The highest BCUT2D eigenvalue weighted by Crippen LogP contribution is 2.34. The molecule has 2 atom stereocenters. The van der Waals surface area contributed by atoms with Crippen molar-refractivity contribution in [3.05, 3.63) is 89.5 Å². The lowest BCUT2D eigenvalue weighted by Crippen LogP contribution is -2.09. The van der Waals surface area contributed by atoms with Gasteiger partial charge in [-0.05, 0) is 53.1 Å². The quantitative estimate of drug-likeness (QED) is 0.633. The fraction of sp³-hybridized carbons (Fsp3) is 0.182. The lowest BCUT2D eigenvalue weighted by Gasteiger charge is -2.19. The Bertz CT molecular complexity index is 938. The van der Waals surface area contributed by atoms with Gasteiger partial charge in [0, 0.05) is 6.42 Å². The summed E-state index contributed by atoms with van der Waals surface area (Å²) in [6, 6.07) is 22.9. The van der Waals surface area contributed by atoms with Crippen LogP contribution in [0.2, 0.25) is 0 Å². The molecular formula is C22H20O4S. The maximum Gasteiger partial charge on any atom is 0.190 e. The number of fused-ring (bicyclic) bond motifs is 1. The van der Waals surface area contributed by atoms with Crippen molar-refractivity contribution in [2.45, 2.75) is 17.4 Å². The van der Waals surface area contributed by atoms with Gasteiger partial charge in [-0.2, -0.15) is 0 Å². The molecule has 0 saturated heterocycles. The first kappa shape index (κ1) is 17.8. The first-order valence-electron chi connectivity index (χ1n) is 8.78. The van der Waals surface area contributed by atoms with Crippen LogP contribution in [0.1, 0.15) is 22.8 Å². The molecule has 138 valence electrons. The summed E-state index contributed by atoms with van der Waals surface area (Å²) < 4.78 is 29.7. The third-order valence-corrected chi connectivity index (χ3v) is 5.58. The SMILES string of the molecule is COc1ccc(C(OS(=O)c2ccccc2)c2ccc3c(c2)CCO3)cc1. The molecule has 0 radical (unpaired) electrons. The number of methoxy groups -OCH3 is 1. The zero-order chi connectivity index (χ0) is 18.6. The summed E-state index contributed by atoms with van der Waals surface area (Å²) in [4.78, 5) is 0.639. The van der Waals surface area contributed by atoms with Crippen molar-refractivity contribution in [1.82, 2.24) is 0 Å². The molecule has 3 aromatic rings. The smallest absolute Gasteiger partial charge is 0.190 e. The summed E-state index contributed by atoms with van der Waals surface area (Å²) in [6.45, 7) is 0.697. The minimum Gasteiger partial charge on any atom is -0.497 e. The van der Waals surface area contributed by atoms with E-state index in [4.69, 9.17) is 13.7 Å². The van der Waals surface area contributed by atoms with Gasteiger partial charge in [0.2, 0.25) is 0 Å². The maximum absolute atomic E-state index is 12.8. The van der Waals surface area contributed by atoms with Crippen LogP contribution in [-0.2, 0) is 21.7 Å². The number of hydrogen-bond acceptors (Lipinski definition) is 4. The number of hydrogen-bond donors (Lipinski definition) is 0. The first-order valence-corrected chi connectivity index (χ1v) is 9.85. The van der Waals surface area contributed by atoms with Crippen molar-refractivity contribution in [2.24, 2.45) is 0 Å². The van der Waals surface area contributed by atoms with Crippen molar-refractivity contribution < 1.29 is 17.9 Å². The first-order chi connectivity index (χ1) is 13.2. The minimum atomic E-state index is -1.58. The van der Waals surface area contributed by atoms with E-state index in [9.17, 15) is 4.21 Å². The van der Waals surface area contributed by atoms with Crippen LogP contribution in [0, 0.1) is 0 Å². The van der Waals surface area contributed by atoms with Crippen LogP contribution < -0.4 is 9.47 Å². The second-order valence-corrected chi connectivity index (χ2v) is 7.40. The molecule has 4 nitrogen and oxygen atoms in total. The van der Waals surface area contributed by atoms with E-state index >= 15 is 0 Å². The summed E-state index contributed by atoms with van der Waals surface area (Å²) >= 11 is -1.58. The fourth-order valence-corrected chi connectivity index (χ4v) is 4.01. The maximum atomic E-state index is 12.8. The highest BCUT2D eigenvalue weighted by atomic mass is 32.2. The number of benzene rings is 3. The van der Waals surface area contributed by atoms with E-state index in [0.717, 1.165) is 34.6 Å². The molecule has 2 unspecified atom stereocenters. The Morgan fingerprint density at radius 3 is 2.44 bits per heavy atom.